The molecule has 0 aliphatic carbocycles. The van der Waals surface area contributed by atoms with Gasteiger partial charge in [-0.25, -0.2) is 0 Å². The van der Waals surface area contributed by atoms with Crippen molar-refractivity contribution in [2.75, 3.05) is 13.2 Å². The van der Waals surface area contributed by atoms with Crippen LogP contribution in [0.25, 0.3) is 0 Å². The van der Waals surface area contributed by atoms with Crippen LogP contribution in [-0.4, -0.2) is 25.2 Å². The number of rotatable bonds is 8. The van der Waals surface area contributed by atoms with Crippen LogP contribution in [0, 0.1) is 13.8 Å². The van der Waals surface area contributed by atoms with Crippen LogP contribution in [0.3, 0.4) is 0 Å². The number of nitrogens with one attached hydrogen (secondary N) is 1. The van der Waals surface area contributed by atoms with Crippen LogP contribution in [0.15, 0.2) is 48.5 Å². The average Bonchev–Trinajstić information content (AvgIpc) is 2.58. The van der Waals surface area contributed by atoms with E-state index in [-0.39, 0.29) is 5.91 Å². The zero-order valence-electron chi connectivity index (χ0n) is 14.5. The maximum atomic E-state index is 12.0. The number of ether oxygens (including phenoxy) is 2. The molecule has 1 N–H and O–H groups in total. The molecule has 128 valence electrons. The molecule has 0 saturated carbocycles. The molecule has 4 nitrogen and oxygen atoms in total. The monoisotopic (exact) mass is 327 g/mol. The lowest BCUT2D eigenvalue weighted by Gasteiger charge is -2.15. The van der Waals surface area contributed by atoms with E-state index in [1.54, 1.807) is 6.92 Å². The number of benzene rings is 2. The van der Waals surface area contributed by atoms with Gasteiger partial charge in [0.25, 0.3) is 5.91 Å². The Labute approximate surface area is 143 Å². The lowest BCUT2D eigenvalue weighted by atomic mass is 10.1. The third kappa shape index (κ3) is 5.70. The van der Waals surface area contributed by atoms with E-state index in [1.165, 1.54) is 5.56 Å². The normalized spacial score (nSPS) is 11.8. The third-order valence-electron chi connectivity index (χ3n) is 3.82. The van der Waals surface area contributed by atoms with Crippen LogP contribution in [0.5, 0.6) is 5.75 Å². The van der Waals surface area contributed by atoms with Gasteiger partial charge in [-0.05, 0) is 49.6 Å². The molecule has 1 atom stereocenters. The number of amides is 1. The summed E-state index contributed by atoms with van der Waals surface area (Å²) in [6, 6.07) is 15.8. The molecule has 0 aliphatic heterocycles. The van der Waals surface area contributed by atoms with E-state index in [4.69, 9.17) is 9.47 Å². The first kappa shape index (κ1) is 18.0. The van der Waals surface area contributed by atoms with Crippen molar-refractivity contribution in [3.63, 3.8) is 0 Å². The fraction of sp³-hybridized carbons (Fsp3) is 0.350. The number of hydrogen-bond donors (Lipinski definition) is 1. The zero-order chi connectivity index (χ0) is 17.4. The van der Waals surface area contributed by atoms with E-state index in [0.29, 0.717) is 25.5 Å². The lowest BCUT2D eigenvalue weighted by molar-refractivity contribution is -0.127. The highest BCUT2D eigenvalue weighted by molar-refractivity contribution is 5.80. The predicted molar refractivity (Wildman–Crippen MR) is 95.1 cm³/mol. The maximum absolute atomic E-state index is 12.0. The highest BCUT2D eigenvalue weighted by atomic mass is 16.5. The Bertz CT molecular complexity index is 655. The van der Waals surface area contributed by atoms with E-state index in [0.717, 1.165) is 11.1 Å². The molecule has 0 bridgehead atoms. The maximum Gasteiger partial charge on any atom is 0.260 e. The Hall–Kier alpha value is -2.33. The van der Waals surface area contributed by atoms with Gasteiger partial charge in [0.1, 0.15) is 5.75 Å². The van der Waals surface area contributed by atoms with E-state index >= 15 is 0 Å². The second kappa shape index (κ2) is 9.08. The second-order valence-electron chi connectivity index (χ2n) is 5.84. The minimum absolute atomic E-state index is 0.142. The largest absolute Gasteiger partial charge is 0.481 e. The van der Waals surface area contributed by atoms with Gasteiger partial charge in [0.15, 0.2) is 6.10 Å². The summed E-state index contributed by atoms with van der Waals surface area (Å²) in [5.41, 5.74) is 3.47. The van der Waals surface area contributed by atoms with E-state index in [9.17, 15) is 4.79 Å². The molecule has 0 aliphatic rings. The lowest BCUT2D eigenvalue weighted by Crippen LogP contribution is -2.38. The smallest absolute Gasteiger partial charge is 0.260 e. The summed E-state index contributed by atoms with van der Waals surface area (Å²) < 4.78 is 11.2. The first-order chi connectivity index (χ1) is 11.6. The van der Waals surface area contributed by atoms with Gasteiger partial charge >= 0.3 is 0 Å². The van der Waals surface area contributed by atoms with Crippen LogP contribution in [-0.2, 0) is 16.1 Å². The van der Waals surface area contributed by atoms with Crippen molar-refractivity contribution in [2.24, 2.45) is 0 Å². The molecule has 2 aromatic rings. The fourth-order valence-corrected chi connectivity index (χ4v) is 2.20. The second-order valence-corrected chi connectivity index (χ2v) is 5.84. The highest BCUT2D eigenvalue weighted by Crippen LogP contribution is 2.17. The van der Waals surface area contributed by atoms with Gasteiger partial charge in [-0.2, -0.15) is 0 Å². The van der Waals surface area contributed by atoms with Gasteiger partial charge in [0.05, 0.1) is 13.2 Å². The van der Waals surface area contributed by atoms with Crippen molar-refractivity contribution < 1.29 is 14.3 Å². The molecule has 0 fully saturated rings. The van der Waals surface area contributed by atoms with Gasteiger partial charge in [0, 0.05) is 6.54 Å². The Balaban J connectivity index is 1.67. The molecule has 0 aromatic heterocycles. The minimum atomic E-state index is -0.541. The molecule has 24 heavy (non-hydrogen) atoms. The van der Waals surface area contributed by atoms with Crippen molar-refractivity contribution in [3.05, 3.63) is 65.2 Å². The van der Waals surface area contributed by atoms with E-state index in [1.807, 2.05) is 62.4 Å². The Kier molecular flexibility index (Phi) is 6.82. The van der Waals surface area contributed by atoms with Crippen molar-refractivity contribution in [2.45, 2.75) is 33.5 Å². The first-order valence-corrected chi connectivity index (χ1v) is 8.19. The number of hydrogen-bond acceptors (Lipinski definition) is 3. The molecule has 0 spiro atoms. The summed E-state index contributed by atoms with van der Waals surface area (Å²) in [5.74, 6) is 0.567. The van der Waals surface area contributed by atoms with E-state index in [2.05, 4.69) is 5.32 Å². The average molecular weight is 327 g/mol. The van der Waals surface area contributed by atoms with Gasteiger partial charge in [0.2, 0.25) is 0 Å². The highest BCUT2D eigenvalue weighted by Gasteiger charge is 2.14. The standard InChI is InChI=1S/C20H25NO3/c1-15-9-10-19(13-16(15)2)24-17(3)20(22)21-11-12-23-14-18-7-5-4-6-8-18/h4-10,13,17H,11-12,14H2,1-3H3,(H,21,22)/t17-/m0/s1. The molecule has 0 heterocycles. The van der Waals surface area contributed by atoms with Crippen LogP contribution >= 0.6 is 0 Å². The number of carbonyl (C=O) groups is 1. The molecule has 0 unspecified atom stereocenters. The summed E-state index contributed by atoms with van der Waals surface area (Å²) >= 11 is 0. The summed E-state index contributed by atoms with van der Waals surface area (Å²) in [5, 5.41) is 2.83. The Morgan fingerprint density at radius 2 is 1.83 bits per heavy atom. The minimum Gasteiger partial charge on any atom is -0.481 e. The number of carbonyl (C=O) groups excluding carboxylic acids is 1. The van der Waals surface area contributed by atoms with Crippen LogP contribution in [0.1, 0.15) is 23.6 Å². The summed E-state index contributed by atoms with van der Waals surface area (Å²) in [4.78, 5) is 12.0. The summed E-state index contributed by atoms with van der Waals surface area (Å²) in [6.45, 7) is 7.30. The molecule has 2 aromatic carbocycles. The topological polar surface area (TPSA) is 47.6 Å². The number of aryl methyl sites for hydroxylation is 2. The SMILES string of the molecule is Cc1ccc(O[C@@H](C)C(=O)NCCOCc2ccccc2)cc1C. The third-order valence-corrected chi connectivity index (χ3v) is 3.82. The van der Waals surface area contributed by atoms with Crippen molar-refractivity contribution in [1.82, 2.24) is 5.32 Å². The quantitative estimate of drug-likeness (QED) is 0.756. The molecular formula is C20H25NO3. The Morgan fingerprint density at radius 3 is 2.54 bits per heavy atom. The van der Waals surface area contributed by atoms with Crippen molar-refractivity contribution in [1.29, 1.82) is 0 Å². The Morgan fingerprint density at radius 1 is 1.08 bits per heavy atom. The van der Waals surface area contributed by atoms with Gasteiger partial charge in [-0.1, -0.05) is 36.4 Å². The summed E-state index contributed by atoms with van der Waals surface area (Å²) in [6.07, 6.45) is -0.541. The van der Waals surface area contributed by atoms with Gasteiger partial charge in [-0.3, -0.25) is 4.79 Å². The zero-order valence-corrected chi connectivity index (χ0v) is 14.5. The van der Waals surface area contributed by atoms with Crippen LogP contribution < -0.4 is 10.1 Å². The first-order valence-electron chi connectivity index (χ1n) is 8.19. The summed E-state index contributed by atoms with van der Waals surface area (Å²) in [7, 11) is 0. The van der Waals surface area contributed by atoms with Crippen molar-refractivity contribution >= 4 is 5.91 Å². The molecule has 1 amide bonds. The van der Waals surface area contributed by atoms with E-state index < -0.39 is 6.10 Å². The molecular weight excluding hydrogens is 302 g/mol. The molecule has 0 radical (unpaired) electrons. The molecule has 0 saturated heterocycles. The molecule has 2 rings (SSSR count). The fourth-order valence-electron chi connectivity index (χ4n) is 2.20. The van der Waals surface area contributed by atoms with Gasteiger partial charge in [-0.15, -0.1) is 0 Å². The van der Waals surface area contributed by atoms with Gasteiger partial charge < -0.3 is 14.8 Å². The molecule has 4 heteroatoms. The van der Waals surface area contributed by atoms with Crippen LogP contribution in [0.2, 0.25) is 0 Å². The van der Waals surface area contributed by atoms with Crippen LogP contribution in [0.4, 0.5) is 0 Å². The predicted octanol–water partition coefficient (Wildman–Crippen LogP) is 3.40. The van der Waals surface area contributed by atoms with Crippen molar-refractivity contribution in [3.8, 4) is 5.75 Å².